The van der Waals surface area contributed by atoms with Gasteiger partial charge >= 0.3 is 5.69 Å². The van der Waals surface area contributed by atoms with Gasteiger partial charge in [0.15, 0.2) is 0 Å². The van der Waals surface area contributed by atoms with Crippen LogP contribution in [0.25, 0.3) is 0 Å². The summed E-state index contributed by atoms with van der Waals surface area (Å²) in [5, 5.41) is 16.6. The third-order valence-corrected chi connectivity index (χ3v) is 2.85. The molecule has 1 aromatic rings. The summed E-state index contributed by atoms with van der Waals surface area (Å²) in [5.74, 6) is 0.303. The first-order valence-corrected chi connectivity index (χ1v) is 6.73. The Hall–Kier alpha value is -1.82. The number of nitro groups is 1. The number of halogens is 1. The van der Waals surface area contributed by atoms with E-state index in [1.807, 2.05) is 13.8 Å². The van der Waals surface area contributed by atoms with Gasteiger partial charge in [0.1, 0.15) is 10.7 Å². The molecule has 0 saturated carbocycles. The monoisotopic (exact) mass is 299 g/mol. The minimum absolute atomic E-state index is 0.0734. The summed E-state index contributed by atoms with van der Waals surface area (Å²) in [4.78, 5) is 21.9. The van der Waals surface area contributed by atoms with Crippen LogP contribution in [-0.4, -0.2) is 23.9 Å². The zero-order chi connectivity index (χ0) is 15.1. The van der Waals surface area contributed by atoms with Crippen molar-refractivity contribution in [3.8, 4) is 0 Å². The Kier molecular flexibility index (Phi) is 6.24. The standard InChI is InChI=1S/C13H18ClN3O3/c1-9(2)8-16-12(18)6-7-15-11-5-3-4-10(14)13(11)17(19)20/h3-5,9,15H,6-8H2,1-2H3,(H,16,18). The zero-order valence-corrected chi connectivity index (χ0v) is 12.2. The Morgan fingerprint density at radius 3 is 2.75 bits per heavy atom. The molecule has 0 fully saturated rings. The molecule has 0 saturated heterocycles. The third-order valence-electron chi connectivity index (χ3n) is 2.54. The van der Waals surface area contributed by atoms with Crippen molar-refractivity contribution in [2.24, 2.45) is 5.92 Å². The normalized spacial score (nSPS) is 10.4. The highest BCUT2D eigenvalue weighted by Gasteiger charge is 2.17. The van der Waals surface area contributed by atoms with E-state index in [4.69, 9.17) is 11.6 Å². The molecular weight excluding hydrogens is 282 g/mol. The van der Waals surface area contributed by atoms with Crippen molar-refractivity contribution >= 4 is 28.9 Å². The van der Waals surface area contributed by atoms with E-state index in [0.29, 0.717) is 24.7 Å². The molecule has 0 atom stereocenters. The molecule has 20 heavy (non-hydrogen) atoms. The average Bonchev–Trinajstić information content (AvgIpc) is 2.36. The van der Waals surface area contributed by atoms with Gasteiger partial charge in [-0.05, 0) is 18.1 Å². The molecule has 0 aliphatic carbocycles. The van der Waals surface area contributed by atoms with E-state index < -0.39 is 4.92 Å². The Morgan fingerprint density at radius 1 is 1.45 bits per heavy atom. The van der Waals surface area contributed by atoms with Crippen LogP contribution < -0.4 is 10.6 Å². The second-order valence-corrected chi connectivity index (χ2v) is 5.18. The Bertz CT molecular complexity index is 492. The molecule has 1 aromatic carbocycles. The summed E-state index contributed by atoms with van der Waals surface area (Å²) >= 11 is 5.79. The van der Waals surface area contributed by atoms with E-state index in [2.05, 4.69) is 10.6 Å². The van der Waals surface area contributed by atoms with Crippen LogP contribution in [0.15, 0.2) is 18.2 Å². The maximum atomic E-state index is 11.5. The Labute approximate surface area is 122 Å². The van der Waals surface area contributed by atoms with Crippen LogP contribution in [-0.2, 0) is 4.79 Å². The van der Waals surface area contributed by atoms with Crippen molar-refractivity contribution in [1.29, 1.82) is 0 Å². The second-order valence-electron chi connectivity index (χ2n) is 4.77. The van der Waals surface area contributed by atoms with Crippen molar-refractivity contribution < 1.29 is 9.72 Å². The van der Waals surface area contributed by atoms with E-state index >= 15 is 0 Å². The lowest BCUT2D eigenvalue weighted by molar-refractivity contribution is -0.383. The minimum Gasteiger partial charge on any atom is -0.379 e. The highest BCUT2D eigenvalue weighted by molar-refractivity contribution is 6.33. The third kappa shape index (κ3) is 5.05. The number of carbonyl (C=O) groups is 1. The van der Waals surface area contributed by atoms with E-state index in [1.165, 1.54) is 6.07 Å². The molecule has 0 radical (unpaired) electrons. The van der Waals surface area contributed by atoms with Gasteiger partial charge in [-0.3, -0.25) is 14.9 Å². The van der Waals surface area contributed by atoms with Crippen LogP contribution in [0.3, 0.4) is 0 Å². The van der Waals surface area contributed by atoms with E-state index in [0.717, 1.165) is 0 Å². The molecule has 0 spiro atoms. The lowest BCUT2D eigenvalue weighted by atomic mass is 10.2. The van der Waals surface area contributed by atoms with Gasteiger partial charge < -0.3 is 10.6 Å². The van der Waals surface area contributed by atoms with Crippen LogP contribution in [0.5, 0.6) is 0 Å². The number of benzene rings is 1. The number of nitrogens with zero attached hydrogens (tertiary/aromatic N) is 1. The van der Waals surface area contributed by atoms with Crippen LogP contribution in [0.4, 0.5) is 11.4 Å². The summed E-state index contributed by atoms with van der Waals surface area (Å²) in [6.07, 6.45) is 0.246. The number of amides is 1. The maximum Gasteiger partial charge on any atom is 0.310 e. The van der Waals surface area contributed by atoms with Crippen LogP contribution in [0, 0.1) is 16.0 Å². The van der Waals surface area contributed by atoms with E-state index in [1.54, 1.807) is 12.1 Å². The van der Waals surface area contributed by atoms with Crippen molar-refractivity contribution in [3.63, 3.8) is 0 Å². The van der Waals surface area contributed by atoms with Gasteiger partial charge in [-0.25, -0.2) is 0 Å². The number of nitro benzene ring substituents is 1. The minimum atomic E-state index is -0.538. The summed E-state index contributed by atoms with van der Waals surface area (Å²) < 4.78 is 0. The number of carbonyl (C=O) groups excluding carboxylic acids is 1. The van der Waals surface area contributed by atoms with E-state index in [-0.39, 0.29) is 23.0 Å². The van der Waals surface area contributed by atoms with Crippen LogP contribution >= 0.6 is 11.6 Å². The molecule has 0 aromatic heterocycles. The molecular formula is C13H18ClN3O3. The predicted octanol–water partition coefficient (Wildman–Crippen LogP) is 2.82. The van der Waals surface area contributed by atoms with Gasteiger partial charge in [0.05, 0.1) is 4.92 Å². The Balaban J connectivity index is 2.52. The fourth-order valence-corrected chi connectivity index (χ4v) is 1.80. The molecule has 0 aliphatic rings. The number of para-hydroxylation sites is 1. The highest BCUT2D eigenvalue weighted by Crippen LogP contribution is 2.32. The highest BCUT2D eigenvalue weighted by atomic mass is 35.5. The molecule has 0 unspecified atom stereocenters. The van der Waals surface area contributed by atoms with E-state index in [9.17, 15) is 14.9 Å². The number of rotatable bonds is 7. The molecule has 7 heteroatoms. The first-order chi connectivity index (χ1) is 9.41. The maximum absolute atomic E-state index is 11.5. The quantitative estimate of drug-likeness (QED) is 0.599. The fraction of sp³-hybridized carbons (Fsp3) is 0.462. The lowest BCUT2D eigenvalue weighted by Gasteiger charge is -2.09. The van der Waals surface area contributed by atoms with Gasteiger partial charge in [-0.1, -0.05) is 31.5 Å². The van der Waals surface area contributed by atoms with Crippen molar-refractivity contribution in [1.82, 2.24) is 5.32 Å². The van der Waals surface area contributed by atoms with Gasteiger partial charge in [-0.15, -0.1) is 0 Å². The van der Waals surface area contributed by atoms with Crippen LogP contribution in [0.1, 0.15) is 20.3 Å². The average molecular weight is 300 g/mol. The molecule has 2 N–H and O–H groups in total. The summed E-state index contributed by atoms with van der Waals surface area (Å²) in [7, 11) is 0. The summed E-state index contributed by atoms with van der Waals surface area (Å²) in [5.41, 5.74) is 0.149. The molecule has 0 aliphatic heterocycles. The summed E-state index contributed by atoms with van der Waals surface area (Å²) in [6, 6.07) is 4.65. The molecule has 0 bridgehead atoms. The SMILES string of the molecule is CC(C)CNC(=O)CCNc1cccc(Cl)c1[N+](=O)[O-]. The zero-order valence-electron chi connectivity index (χ0n) is 11.5. The van der Waals surface area contributed by atoms with Gasteiger partial charge in [0, 0.05) is 19.5 Å². The summed E-state index contributed by atoms with van der Waals surface area (Å²) in [6.45, 7) is 4.95. The van der Waals surface area contributed by atoms with Crippen molar-refractivity contribution in [2.75, 3.05) is 18.4 Å². The predicted molar refractivity (Wildman–Crippen MR) is 79.1 cm³/mol. The number of nitrogens with one attached hydrogen (secondary N) is 2. The molecule has 1 rings (SSSR count). The fourth-order valence-electron chi connectivity index (χ4n) is 1.56. The number of hydrogen-bond acceptors (Lipinski definition) is 4. The van der Waals surface area contributed by atoms with Crippen molar-refractivity contribution in [2.45, 2.75) is 20.3 Å². The van der Waals surface area contributed by atoms with Gasteiger partial charge in [-0.2, -0.15) is 0 Å². The Morgan fingerprint density at radius 2 is 2.15 bits per heavy atom. The molecule has 0 heterocycles. The van der Waals surface area contributed by atoms with Gasteiger partial charge in [0.25, 0.3) is 0 Å². The lowest BCUT2D eigenvalue weighted by Crippen LogP contribution is -2.28. The molecule has 6 nitrogen and oxygen atoms in total. The topological polar surface area (TPSA) is 84.3 Å². The first-order valence-electron chi connectivity index (χ1n) is 6.35. The van der Waals surface area contributed by atoms with Crippen LogP contribution in [0.2, 0.25) is 5.02 Å². The van der Waals surface area contributed by atoms with Crippen molar-refractivity contribution in [3.05, 3.63) is 33.3 Å². The number of hydrogen-bond donors (Lipinski definition) is 2. The smallest absolute Gasteiger partial charge is 0.310 e. The molecule has 1 amide bonds. The molecule has 110 valence electrons. The second kappa shape index (κ2) is 7.69. The first kappa shape index (κ1) is 16.2. The largest absolute Gasteiger partial charge is 0.379 e. The number of anilines is 1. The van der Waals surface area contributed by atoms with Gasteiger partial charge in [0.2, 0.25) is 5.91 Å².